The summed E-state index contributed by atoms with van der Waals surface area (Å²) < 4.78 is 10.6. The molecule has 3 nitrogen and oxygen atoms in total. The molecule has 3 heteroatoms. The zero-order valence-corrected chi connectivity index (χ0v) is 11.2. The topological polar surface area (TPSA) is 35.5 Å². The molecule has 0 fully saturated rings. The molecule has 0 spiro atoms. The quantitative estimate of drug-likeness (QED) is 0.737. The maximum Gasteiger partial charge on any atom is 0.198 e. The summed E-state index contributed by atoms with van der Waals surface area (Å²) in [5.41, 5.74) is 0.823. The minimum atomic E-state index is -0.791. The molecular weight excluding hydrogens is 216 g/mol. The molecule has 0 bridgehead atoms. The lowest BCUT2D eigenvalue weighted by molar-refractivity contribution is 0.0104. The maximum absolute atomic E-state index is 12.5. The number of ether oxygens (including phenoxy) is 2. The Morgan fingerprint density at radius 2 is 2.00 bits per heavy atom. The molecule has 1 atom stereocenters. The van der Waals surface area contributed by atoms with Crippen molar-refractivity contribution >= 4 is 5.78 Å². The molecule has 0 amide bonds. The monoisotopic (exact) mass is 236 g/mol. The van der Waals surface area contributed by atoms with Gasteiger partial charge in [0.1, 0.15) is 11.4 Å². The van der Waals surface area contributed by atoms with Crippen molar-refractivity contribution in [3.8, 4) is 5.75 Å². The van der Waals surface area contributed by atoms with Crippen LogP contribution >= 0.6 is 0 Å². The van der Waals surface area contributed by atoms with Gasteiger partial charge in [-0.1, -0.05) is 18.6 Å². The van der Waals surface area contributed by atoms with E-state index in [0.717, 1.165) is 5.56 Å². The van der Waals surface area contributed by atoms with Crippen molar-refractivity contribution in [2.75, 3.05) is 14.2 Å². The van der Waals surface area contributed by atoms with E-state index >= 15 is 0 Å². The SMILES string of the molecule is CCC(C)(OC)C(=O)c1cc(C)ccc1OC. The lowest BCUT2D eigenvalue weighted by Crippen LogP contribution is -2.37. The van der Waals surface area contributed by atoms with Crippen LogP contribution in [0.15, 0.2) is 18.2 Å². The third-order valence-corrected chi connectivity index (χ3v) is 3.21. The maximum atomic E-state index is 12.5. The second-order valence-corrected chi connectivity index (χ2v) is 4.32. The number of rotatable bonds is 5. The van der Waals surface area contributed by atoms with Gasteiger partial charge < -0.3 is 9.47 Å². The van der Waals surface area contributed by atoms with Crippen LogP contribution in [0.4, 0.5) is 0 Å². The number of benzene rings is 1. The number of aryl methyl sites for hydroxylation is 1. The van der Waals surface area contributed by atoms with E-state index in [9.17, 15) is 4.79 Å². The van der Waals surface area contributed by atoms with E-state index in [-0.39, 0.29) is 5.78 Å². The van der Waals surface area contributed by atoms with Crippen molar-refractivity contribution < 1.29 is 14.3 Å². The van der Waals surface area contributed by atoms with Gasteiger partial charge >= 0.3 is 0 Å². The molecule has 1 aromatic carbocycles. The Hall–Kier alpha value is -1.35. The number of hydrogen-bond donors (Lipinski definition) is 0. The Morgan fingerprint density at radius 3 is 2.47 bits per heavy atom. The highest BCUT2D eigenvalue weighted by molar-refractivity contribution is 6.04. The Kier molecular flexibility index (Phi) is 4.29. The standard InChI is InChI=1S/C14H20O3/c1-6-14(3,17-5)13(15)11-9-10(2)7-8-12(11)16-4/h7-9H,6H2,1-5H3. The minimum Gasteiger partial charge on any atom is -0.496 e. The number of carbonyl (C=O) groups excluding carboxylic acids is 1. The van der Waals surface area contributed by atoms with Gasteiger partial charge in [-0.05, 0) is 32.4 Å². The average Bonchev–Trinajstić information content (AvgIpc) is 2.36. The summed E-state index contributed by atoms with van der Waals surface area (Å²) in [6.45, 7) is 5.69. The van der Waals surface area contributed by atoms with Gasteiger partial charge in [0.15, 0.2) is 5.78 Å². The lowest BCUT2D eigenvalue weighted by atomic mass is 9.91. The molecule has 0 N–H and O–H groups in total. The van der Waals surface area contributed by atoms with Gasteiger partial charge in [0, 0.05) is 7.11 Å². The molecule has 94 valence electrons. The van der Waals surface area contributed by atoms with E-state index < -0.39 is 5.60 Å². The number of hydrogen-bond acceptors (Lipinski definition) is 3. The van der Waals surface area contributed by atoms with Crippen LogP contribution in [0.25, 0.3) is 0 Å². The van der Waals surface area contributed by atoms with E-state index in [1.54, 1.807) is 21.1 Å². The molecular formula is C14H20O3. The minimum absolute atomic E-state index is 0.0388. The van der Waals surface area contributed by atoms with Crippen LogP contribution < -0.4 is 4.74 Å². The van der Waals surface area contributed by atoms with Crippen LogP contribution in [0.2, 0.25) is 0 Å². The molecule has 0 radical (unpaired) electrons. The molecule has 1 rings (SSSR count). The number of Topliss-reactive ketones (excluding diaryl/α,β-unsaturated/α-hetero) is 1. The fourth-order valence-electron chi connectivity index (χ4n) is 1.68. The summed E-state index contributed by atoms with van der Waals surface area (Å²) >= 11 is 0. The number of methoxy groups -OCH3 is 2. The lowest BCUT2D eigenvalue weighted by Gasteiger charge is -2.25. The second-order valence-electron chi connectivity index (χ2n) is 4.32. The van der Waals surface area contributed by atoms with Crippen LogP contribution in [0.3, 0.4) is 0 Å². The Bertz CT molecular complexity index is 406. The zero-order valence-electron chi connectivity index (χ0n) is 11.2. The predicted molar refractivity (Wildman–Crippen MR) is 67.8 cm³/mol. The van der Waals surface area contributed by atoms with E-state index in [0.29, 0.717) is 17.7 Å². The van der Waals surface area contributed by atoms with Crippen molar-refractivity contribution in [1.29, 1.82) is 0 Å². The zero-order chi connectivity index (χ0) is 13.1. The summed E-state index contributed by atoms with van der Waals surface area (Å²) in [4.78, 5) is 12.5. The highest BCUT2D eigenvalue weighted by Crippen LogP contribution is 2.27. The van der Waals surface area contributed by atoms with Crippen molar-refractivity contribution in [3.63, 3.8) is 0 Å². The predicted octanol–water partition coefficient (Wildman–Crippen LogP) is 3.00. The molecule has 17 heavy (non-hydrogen) atoms. The van der Waals surface area contributed by atoms with Gasteiger partial charge in [0.25, 0.3) is 0 Å². The molecule has 1 aromatic rings. The third kappa shape index (κ3) is 2.67. The van der Waals surface area contributed by atoms with Crippen molar-refractivity contribution in [1.82, 2.24) is 0 Å². The molecule has 0 aromatic heterocycles. The summed E-state index contributed by atoms with van der Waals surface area (Å²) in [7, 11) is 3.13. The largest absolute Gasteiger partial charge is 0.496 e. The molecule has 0 aliphatic carbocycles. The number of carbonyl (C=O) groups is 1. The number of ketones is 1. The van der Waals surface area contributed by atoms with Crippen molar-refractivity contribution in [2.24, 2.45) is 0 Å². The van der Waals surface area contributed by atoms with Gasteiger partial charge in [-0.15, -0.1) is 0 Å². The first-order valence-electron chi connectivity index (χ1n) is 5.73. The molecule has 0 aliphatic heterocycles. The molecule has 0 aliphatic rings. The molecule has 0 saturated heterocycles. The van der Waals surface area contributed by atoms with Crippen LogP contribution in [0.1, 0.15) is 36.2 Å². The normalized spacial score (nSPS) is 14.2. The Balaban J connectivity index is 3.23. The van der Waals surface area contributed by atoms with Crippen LogP contribution in [-0.2, 0) is 4.74 Å². The summed E-state index contributed by atoms with van der Waals surface area (Å²) in [5, 5.41) is 0. The highest BCUT2D eigenvalue weighted by atomic mass is 16.5. The molecule has 1 unspecified atom stereocenters. The van der Waals surface area contributed by atoms with Crippen LogP contribution in [0, 0.1) is 6.92 Å². The first kappa shape index (κ1) is 13.7. The van der Waals surface area contributed by atoms with E-state index in [2.05, 4.69) is 0 Å². The molecule has 0 heterocycles. The van der Waals surface area contributed by atoms with Crippen molar-refractivity contribution in [3.05, 3.63) is 29.3 Å². The van der Waals surface area contributed by atoms with E-state index in [4.69, 9.17) is 9.47 Å². The molecule has 0 saturated carbocycles. The smallest absolute Gasteiger partial charge is 0.198 e. The first-order chi connectivity index (χ1) is 7.98. The fraction of sp³-hybridized carbons (Fsp3) is 0.500. The Morgan fingerprint density at radius 1 is 1.35 bits per heavy atom. The Labute approximate surface area is 103 Å². The summed E-state index contributed by atoms with van der Waals surface area (Å²) in [6, 6.07) is 5.58. The summed E-state index contributed by atoms with van der Waals surface area (Å²) in [5.74, 6) is 0.556. The van der Waals surface area contributed by atoms with E-state index in [1.165, 1.54) is 0 Å². The highest BCUT2D eigenvalue weighted by Gasteiger charge is 2.33. The fourth-order valence-corrected chi connectivity index (χ4v) is 1.68. The van der Waals surface area contributed by atoms with Gasteiger partial charge in [0.2, 0.25) is 0 Å². The van der Waals surface area contributed by atoms with E-state index in [1.807, 2.05) is 32.0 Å². The third-order valence-electron chi connectivity index (χ3n) is 3.21. The summed E-state index contributed by atoms with van der Waals surface area (Å²) in [6.07, 6.45) is 0.624. The van der Waals surface area contributed by atoms with Gasteiger partial charge in [-0.25, -0.2) is 0 Å². The first-order valence-corrected chi connectivity index (χ1v) is 5.73. The van der Waals surface area contributed by atoms with Gasteiger partial charge in [-0.2, -0.15) is 0 Å². The van der Waals surface area contributed by atoms with Gasteiger partial charge in [-0.3, -0.25) is 4.79 Å². The van der Waals surface area contributed by atoms with Crippen LogP contribution in [-0.4, -0.2) is 25.6 Å². The van der Waals surface area contributed by atoms with Crippen molar-refractivity contribution in [2.45, 2.75) is 32.8 Å². The van der Waals surface area contributed by atoms with Crippen LogP contribution in [0.5, 0.6) is 5.75 Å². The second kappa shape index (κ2) is 5.32. The van der Waals surface area contributed by atoms with Gasteiger partial charge in [0.05, 0.1) is 12.7 Å². The average molecular weight is 236 g/mol.